The van der Waals surface area contributed by atoms with Gasteiger partial charge in [-0.2, -0.15) is 0 Å². The summed E-state index contributed by atoms with van der Waals surface area (Å²) in [5.74, 6) is -1.48. The summed E-state index contributed by atoms with van der Waals surface area (Å²) in [6.07, 6.45) is 0.331. The van der Waals surface area contributed by atoms with Crippen molar-refractivity contribution in [2.45, 2.75) is 19.4 Å². The molecule has 0 saturated carbocycles. The molecule has 4 N–H and O–H groups in total. The predicted molar refractivity (Wildman–Crippen MR) is 67.7 cm³/mol. The summed E-state index contributed by atoms with van der Waals surface area (Å²) in [4.78, 5) is 22.5. The van der Waals surface area contributed by atoms with Crippen molar-refractivity contribution in [2.24, 2.45) is 0 Å². The third-order valence-electron chi connectivity index (χ3n) is 2.27. The van der Waals surface area contributed by atoms with E-state index in [0.717, 1.165) is 0 Å². The van der Waals surface area contributed by atoms with Crippen molar-refractivity contribution >= 4 is 33.5 Å². The van der Waals surface area contributed by atoms with Crippen LogP contribution in [0.2, 0.25) is 0 Å². The number of rotatable bonds is 4. The van der Waals surface area contributed by atoms with Gasteiger partial charge in [-0.1, -0.05) is 6.92 Å². The van der Waals surface area contributed by atoms with Crippen LogP contribution in [0.4, 0.5) is 5.69 Å². The van der Waals surface area contributed by atoms with Gasteiger partial charge in [-0.3, -0.25) is 4.79 Å². The Morgan fingerprint density at radius 2 is 2.18 bits per heavy atom. The summed E-state index contributed by atoms with van der Waals surface area (Å²) in [6.45, 7) is 1.69. The molecule has 0 saturated heterocycles. The number of nitrogens with two attached hydrogens (primary N) is 1. The van der Waals surface area contributed by atoms with Crippen molar-refractivity contribution in [3.05, 3.63) is 28.2 Å². The summed E-state index contributed by atoms with van der Waals surface area (Å²) >= 11 is 3.21. The number of hydrogen-bond donors (Lipinski definition) is 3. The van der Waals surface area contributed by atoms with Crippen molar-refractivity contribution in [1.82, 2.24) is 5.32 Å². The summed E-state index contributed by atoms with van der Waals surface area (Å²) in [7, 11) is 0. The maximum Gasteiger partial charge on any atom is 0.326 e. The second-order valence-corrected chi connectivity index (χ2v) is 4.36. The normalized spacial score (nSPS) is 11.9. The topological polar surface area (TPSA) is 92.4 Å². The standard InChI is InChI=1S/C11H13BrN2O3/c1-2-9(11(16)17)14-10(15)6-3-4-8(13)7(12)5-6/h3-5,9H,2,13H2,1H3,(H,14,15)(H,16,17). The molecule has 1 aromatic carbocycles. The highest BCUT2D eigenvalue weighted by molar-refractivity contribution is 9.10. The minimum atomic E-state index is -1.05. The van der Waals surface area contributed by atoms with Gasteiger partial charge in [-0.25, -0.2) is 4.79 Å². The van der Waals surface area contributed by atoms with Gasteiger partial charge in [-0.05, 0) is 40.5 Å². The molecule has 0 heterocycles. The van der Waals surface area contributed by atoms with Crippen LogP contribution in [0.5, 0.6) is 0 Å². The number of amides is 1. The Labute approximate surface area is 107 Å². The first-order valence-corrected chi connectivity index (χ1v) is 5.83. The number of benzene rings is 1. The van der Waals surface area contributed by atoms with Crippen LogP contribution < -0.4 is 11.1 Å². The lowest BCUT2D eigenvalue weighted by molar-refractivity contribution is -0.139. The molecule has 0 bridgehead atoms. The van der Waals surface area contributed by atoms with Crippen molar-refractivity contribution in [1.29, 1.82) is 0 Å². The average molecular weight is 301 g/mol. The molecule has 0 aliphatic carbocycles. The van der Waals surface area contributed by atoms with E-state index in [-0.39, 0.29) is 0 Å². The molecule has 0 fully saturated rings. The van der Waals surface area contributed by atoms with Crippen molar-refractivity contribution in [3.8, 4) is 0 Å². The molecule has 1 aromatic rings. The number of nitrogen functional groups attached to an aromatic ring is 1. The summed E-state index contributed by atoms with van der Waals surface area (Å²) in [5, 5.41) is 11.3. The molecule has 6 heteroatoms. The van der Waals surface area contributed by atoms with Gasteiger partial charge in [0.05, 0.1) is 0 Å². The van der Waals surface area contributed by atoms with Gasteiger partial charge in [0.25, 0.3) is 5.91 Å². The number of hydrogen-bond acceptors (Lipinski definition) is 3. The number of carboxylic acids is 1. The first kappa shape index (κ1) is 13.5. The van der Waals surface area contributed by atoms with Gasteiger partial charge >= 0.3 is 5.97 Å². The van der Waals surface area contributed by atoms with Gasteiger partial charge in [-0.15, -0.1) is 0 Å². The fraction of sp³-hybridized carbons (Fsp3) is 0.273. The van der Waals surface area contributed by atoms with Gasteiger partial charge in [0.15, 0.2) is 0 Å². The molecule has 0 radical (unpaired) electrons. The number of carbonyl (C=O) groups is 2. The first-order valence-electron chi connectivity index (χ1n) is 5.04. The Morgan fingerprint density at radius 3 is 2.65 bits per heavy atom. The van der Waals surface area contributed by atoms with Gasteiger partial charge in [0.2, 0.25) is 0 Å². The Morgan fingerprint density at radius 1 is 1.53 bits per heavy atom. The second kappa shape index (κ2) is 5.67. The zero-order valence-corrected chi connectivity index (χ0v) is 10.8. The number of carbonyl (C=O) groups excluding carboxylic acids is 1. The molecule has 0 aliphatic heterocycles. The van der Waals surface area contributed by atoms with E-state index in [1.165, 1.54) is 0 Å². The lowest BCUT2D eigenvalue weighted by Gasteiger charge is -2.12. The van der Waals surface area contributed by atoms with Crippen LogP contribution in [0.15, 0.2) is 22.7 Å². The Balaban J connectivity index is 2.82. The van der Waals surface area contributed by atoms with Crippen molar-refractivity contribution in [2.75, 3.05) is 5.73 Å². The fourth-order valence-electron chi connectivity index (χ4n) is 1.25. The molecule has 92 valence electrons. The van der Waals surface area contributed by atoms with E-state index in [2.05, 4.69) is 21.2 Å². The Kier molecular flexibility index (Phi) is 4.51. The molecule has 0 spiro atoms. The minimum absolute atomic E-state index is 0.331. The van der Waals surface area contributed by atoms with Crippen LogP contribution in [0.3, 0.4) is 0 Å². The number of nitrogens with one attached hydrogen (secondary N) is 1. The molecule has 1 unspecified atom stereocenters. The highest BCUT2D eigenvalue weighted by Gasteiger charge is 2.18. The van der Waals surface area contributed by atoms with Crippen LogP contribution in [0, 0.1) is 0 Å². The molecule has 1 rings (SSSR count). The Bertz CT molecular complexity index is 448. The number of halogens is 1. The number of anilines is 1. The molecule has 1 amide bonds. The van der Waals surface area contributed by atoms with E-state index in [9.17, 15) is 9.59 Å². The maximum atomic E-state index is 11.7. The SMILES string of the molecule is CCC(NC(=O)c1ccc(N)c(Br)c1)C(=O)O. The van der Waals surface area contributed by atoms with E-state index in [4.69, 9.17) is 10.8 Å². The zero-order valence-electron chi connectivity index (χ0n) is 9.24. The van der Waals surface area contributed by atoms with Gasteiger partial charge in [0, 0.05) is 15.7 Å². The smallest absolute Gasteiger partial charge is 0.326 e. The molecular formula is C11H13BrN2O3. The monoisotopic (exact) mass is 300 g/mol. The van der Waals surface area contributed by atoms with E-state index >= 15 is 0 Å². The highest BCUT2D eigenvalue weighted by atomic mass is 79.9. The van der Waals surface area contributed by atoms with Crippen LogP contribution in [-0.2, 0) is 4.79 Å². The van der Waals surface area contributed by atoms with Gasteiger partial charge in [0.1, 0.15) is 6.04 Å². The van der Waals surface area contributed by atoms with E-state index < -0.39 is 17.9 Å². The summed E-state index contributed by atoms with van der Waals surface area (Å²) < 4.78 is 0.605. The Hall–Kier alpha value is -1.56. The van der Waals surface area contributed by atoms with Crippen LogP contribution in [-0.4, -0.2) is 23.0 Å². The largest absolute Gasteiger partial charge is 0.480 e. The van der Waals surface area contributed by atoms with Crippen molar-refractivity contribution in [3.63, 3.8) is 0 Å². The molecule has 0 aromatic heterocycles. The third kappa shape index (κ3) is 3.45. The minimum Gasteiger partial charge on any atom is -0.480 e. The first-order chi connectivity index (χ1) is 7.95. The lowest BCUT2D eigenvalue weighted by atomic mass is 10.1. The fourth-order valence-corrected chi connectivity index (χ4v) is 1.63. The highest BCUT2D eigenvalue weighted by Crippen LogP contribution is 2.20. The second-order valence-electron chi connectivity index (χ2n) is 3.51. The third-order valence-corrected chi connectivity index (χ3v) is 2.96. The quantitative estimate of drug-likeness (QED) is 0.737. The van der Waals surface area contributed by atoms with Crippen LogP contribution in [0.25, 0.3) is 0 Å². The van der Waals surface area contributed by atoms with Crippen LogP contribution in [0.1, 0.15) is 23.7 Å². The summed E-state index contributed by atoms with van der Waals surface area (Å²) in [6, 6.07) is 3.81. The van der Waals surface area contributed by atoms with Gasteiger partial charge < -0.3 is 16.2 Å². The van der Waals surface area contributed by atoms with E-state index in [1.54, 1.807) is 25.1 Å². The average Bonchev–Trinajstić information content (AvgIpc) is 2.28. The zero-order chi connectivity index (χ0) is 13.0. The lowest BCUT2D eigenvalue weighted by Crippen LogP contribution is -2.40. The predicted octanol–water partition coefficient (Wildman–Crippen LogP) is 1.62. The molecule has 1 atom stereocenters. The molecule has 5 nitrogen and oxygen atoms in total. The molecule has 0 aliphatic rings. The maximum absolute atomic E-state index is 11.7. The number of carboxylic acid groups (broad SMARTS) is 1. The molecule has 17 heavy (non-hydrogen) atoms. The van der Waals surface area contributed by atoms with Crippen LogP contribution >= 0.6 is 15.9 Å². The number of aliphatic carboxylic acids is 1. The molecular weight excluding hydrogens is 288 g/mol. The van der Waals surface area contributed by atoms with E-state index in [1.807, 2.05) is 0 Å². The summed E-state index contributed by atoms with van der Waals surface area (Å²) in [5.41, 5.74) is 6.48. The van der Waals surface area contributed by atoms with Crippen molar-refractivity contribution < 1.29 is 14.7 Å². The van der Waals surface area contributed by atoms with E-state index in [0.29, 0.717) is 22.1 Å².